The van der Waals surface area contributed by atoms with Crippen molar-refractivity contribution in [2.24, 2.45) is 5.16 Å². The van der Waals surface area contributed by atoms with Crippen molar-refractivity contribution >= 4 is 75.0 Å². The van der Waals surface area contributed by atoms with Crippen LogP contribution in [0.5, 0.6) is 0 Å². The van der Waals surface area contributed by atoms with Crippen molar-refractivity contribution in [2.45, 2.75) is 27.8 Å². The number of aliphatic carboxylic acids is 1. The number of carbonyl (C=O) groups is 3. The summed E-state index contributed by atoms with van der Waals surface area (Å²) in [7, 11) is 0. The third-order valence-electron chi connectivity index (χ3n) is 8.37. The van der Waals surface area contributed by atoms with E-state index in [0.29, 0.717) is 16.5 Å². The Morgan fingerprint density at radius 1 is 1.02 bits per heavy atom. The molecule has 0 saturated carbocycles. The number of carboxylic acid groups (broad SMARTS) is 1. The fourth-order valence-electron chi connectivity index (χ4n) is 6.06. The Kier molecular flexibility index (Phi) is 10.8. The first-order valence-electron chi connectivity index (χ1n) is 15.8. The first-order chi connectivity index (χ1) is 25.8. The molecule has 2 aliphatic heterocycles. The molecule has 1 fully saturated rings. The molecule has 0 bridgehead atoms. The van der Waals surface area contributed by atoms with Gasteiger partial charge in [0.05, 0.1) is 6.20 Å². The molecule has 2 aliphatic rings. The number of oxime groups is 1. The van der Waals surface area contributed by atoms with Crippen molar-refractivity contribution in [3.05, 3.63) is 136 Å². The fraction of sp³-hybridized carbons (Fsp3) is 0.171. The first-order valence-corrected chi connectivity index (χ1v) is 19.5. The van der Waals surface area contributed by atoms with Gasteiger partial charge in [-0.3, -0.25) is 14.5 Å². The third-order valence-corrected chi connectivity index (χ3v) is 12.4. The average molecular weight is 792 g/mol. The van der Waals surface area contributed by atoms with Crippen molar-refractivity contribution in [3.63, 3.8) is 0 Å². The van der Waals surface area contributed by atoms with Crippen LogP contribution in [-0.4, -0.2) is 77.6 Å². The van der Waals surface area contributed by atoms with E-state index in [1.807, 2.05) is 91.0 Å². The lowest BCUT2D eigenvalue weighted by Crippen LogP contribution is -2.71. The SMILES string of the molecule is O=C(O)C1=C(CSc2cnns2)CS[C@@H]2C(NC(=O)C(=NOC(F)F)c3csc(NC(c4ccccc4)(c4ccccc4)c4ccccc4)n3)C(=O)N12. The molecule has 7 rings (SSSR count). The Labute approximate surface area is 317 Å². The lowest BCUT2D eigenvalue weighted by atomic mass is 9.77. The Hall–Kier alpha value is -5.17. The third kappa shape index (κ3) is 7.39. The zero-order valence-corrected chi connectivity index (χ0v) is 30.4. The molecular weight excluding hydrogens is 765 g/mol. The number of thiazole rings is 1. The molecule has 53 heavy (non-hydrogen) atoms. The summed E-state index contributed by atoms with van der Waals surface area (Å²) in [6.07, 6.45) is 1.57. The van der Waals surface area contributed by atoms with Crippen LogP contribution in [0.1, 0.15) is 22.4 Å². The number of β-lactam (4-membered cyclic amide) rings is 1. The molecule has 0 aliphatic carbocycles. The van der Waals surface area contributed by atoms with Gasteiger partial charge in [0.15, 0.2) is 10.8 Å². The predicted molar refractivity (Wildman–Crippen MR) is 199 cm³/mol. The Balaban J connectivity index is 1.16. The molecule has 0 radical (unpaired) electrons. The molecule has 12 nitrogen and oxygen atoms in total. The summed E-state index contributed by atoms with van der Waals surface area (Å²) in [6, 6.07) is 28.0. The normalized spacial score (nSPS) is 17.3. The van der Waals surface area contributed by atoms with E-state index in [1.165, 1.54) is 40.4 Å². The van der Waals surface area contributed by atoms with Gasteiger partial charge in [0, 0.05) is 16.9 Å². The molecule has 4 heterocycles. The summed E-state index contributed by atoms with van der Waals surface area (Å²) in [5.41, 5.74) is 1.39. The van der Waals surface area contributed by atoms with Gasteiger partial charge in [0.25, 0.3) is 11.8 Å². The van der Waals surface area contributed by atoms with E-state index in [0.717, 1.165) is 37.1 Å². The number of alkyl halides is 2. The topological polar surface area (TPSA) is 159 Å². The number of thioether (sulfide) groups is 2. The quantitative estimate of drug-likeness (QED) is 0.0406. The lowest BCUT2D eigenvalue weighted by molar-refractivity contribution is -0.150. The number of anilines is 1. The molecular formula is C35H27F2N7O5S4. The second kappa shape index (κ2) is 15.8. The molecule has 1 unspecified atom stereocenters. The van der Waals surface area contributed by atoms with Gasteiger partial charge in [-0.1, -0.05) is 101 Å². The summed E-state index contributed by atoms with van der Waals surface area (Å²) in [4.78, 5) is 49.4. The summed E-state index contributed by atoms with van der Waals surface area (Å²) >= 11 is 4.92. The molecule has 3 aromatic carbocycles. The van der Waals surface area contributed by atoms with E-state index in [-0.39, 0.29) is 17.1 Å². The van der Waals surface area contributed by atoms with Gasteiger partial charge in [-0.05, 0) is 33.8 Å². The molecule has 3 N–H and O–H groups in total. The Morgan fingerprint density at radius 2 is 1.64 bits per heavy atom. The Morgan fingerprint density at radius 3 is 2.19 bits per heavy atom. The number of halogens is 2. The highest BCUT2D eigenvalue weighted by Crippen LogP contribution is 2.43. The smallest absolute Gasteiger partial charge is 0.407 e. The maximum absolute atomic E-state index is 13.7. The minimum absolute atomic E-state index is 0.0818. The van der Waals surface area contributed by atoms with Gasteiger partial charge in [-0.15, -0.1) is 40.0 Å². The Bertz CT molecular complexity index is 2060. The van der Waals surface area contributed by atoms with Gasteiger partial charge < -0.3 is 20.6 Å². The van der Waals surface area contributed by atoms with Gasteiger partial charge in [0.1, 0.15) is 32.6 Å². The molecule has 2 amide bonds. The van der Waals surface area contributed by atoms with E-state index in [4.69, 9.17) is 0 Å². The number of amides is 2. The van der Waals surface area contributed by atoms with E-state index < -0.39 is 47.1 Å². The maximum Gasteiger partial charge on any atom is 0.407 e. The molecule has 5 aromatic rings. The van der Waals surface area contributed by atoms with Crippen LogP contribution in [0, 0.1) is 0 Å². The molecule has 18 heteroatoms. The number of aromatic nitrogens is 3. The van der Waals surface area contributed by atoms with Crippen molar-refractivity contribution in [1.29, 1.82) is 0 Å². The van der Waals surface area contributed by atoms with Crippen molar-refractivity contribution in [3.8, 4) is 0 Å². The highest BCUT2D eigenvalue weighted by molar-refractivity contribution is 8.01. The van der Waals surface area contributed by atoms with E-state index in [1.54, 1.807) is 6.20 Å². The van der Waals surface area contributed by atoms with Crippen LogP contribution in [0.4, 0.5) is 13.9 Å². The number of carboxylic acids is 1. The van der Waals surface area contributed by atoms with Crippen LogP contribution >= 0.6 is 46.4 Å². The molecule has 1 saturated heterocycles. The van der Waals surface area contributed by atoms with Crippen LogP contribution in [0.2, 0.25) is 0 Å². The van der Waals surface area contributed by atoms with Gasteiger partial charge in [-0.2, -0.15) is 8.78 Å². The van der Waals surface area contributed by atoms with E-state index in [2.05, 4.69) is 35.2 Å². The van der Waals surface area contributed by atoms with Crippen LogP contribution in [-0.2, 0) is 24.8 Å². The number of benzene rings is 3. The van der Waals surface area contributed by atoms with Gasteiger partial charge >= 0.3 is 12.6 Å². The molecule has 2 aromatic heterocycles. The summed E-state index contributed by atoms with van der Waals surface area (Å²) in [5.74, 6) is -2.36. The molecule has 270 valence electrons. The number of fused-ring (bicyclic) bond motifs is 1. The largest absolute Gasteiger partial charge is 0.477 e. The maximum atomic E-state index is 13.7. The van der Waals surface area contributed by atoms with Crippen LogP contribution in [0.3, 0.4) is 0 Å². The zero-order chi connectivity index (χ0) is 37.0. The van der Waals surface area contributed by atoms with Crippen molar-refractivity contribution in [1.82, 2.24) is 24.8 Å². The lowest BCUT2D eigenvalue weighted by Gasteiger charge is -2.49. The molecule has 2 atom stereocenters. The second-order valence-corrected chi connectivity index (χ2v) is 15.5. The number of nitrogens with zero attached hydrogens (tertiary/aromatic N) is 5. The fourth-order valence-corrected chi connectivity index (χ4v) is 9.72. The van der Waals surface area contributed by atoms with Gasteiger partial charge in [-0.25, -0.2) is 9.78 Å². The number of nitrogens with one attached hydrogen (secondary N) is 2. The average Bonchev–Trinajstić information content (AvgIpc) is 3.88. The summed E-state index contributed by atoms with van der Waals surface area (Å²) < 4.78 is 31.1. The monoisotopic (exact) mass is 791 g/mol. The van der Waals surface area contributed by atoms with Crippen LogP contribution in [0.25, 0.3) is 0 Å². The van der Waals surface area contributed by atoms with Crippen molar-refractivity contribution in [2.75, 3.05) is 16.8 Å². The van der Waals surface area contributed by atoms with Crippen molar-refractivity contribution < 1.29 is 33.1 Å². The van der Waals surface area contributed by atoms with E-state index >= 15 is 0 Å². The minimum Gasteiger partial charge on any atom is -0.477 e. The summed E-state index contributed by atoms with van der Waals surface area (Å²) in [5, 5.41) is 24.4. The van der Waals surface area contributed by atoms with E-state index in [9.17, 15) is 28.3 Å². The number of carbonyl (C=O) groups excluding carboxylic acids is 2. The zero-order valence-electron chi connectivity index (χ0n) is 27.2. The number of hydrogen-bond donors (Lipinski definition) is 3. The van der Waals surface area contributed by atoms with Crippen LogP contribution in [0.15, 0.2) is 123 Å². The number of rotatable bonds is 14. The highest BCUT2D eigenvalue weighted by atomic mass is 32.2. The van der Waals surface area contributed by atoms with Gasteiger partial charge in [0.2, 0.25) is 0 Å². The summed E-state index contributed by atoms with van der Waals surface area (Å²) in [6.45, 7) is -3.34. The molecule has 0 spiro atoms. The van der Waals surface area contributed by atoms with Crippen LogP contribution < -0.4 is 10.6 Å². The second-order valence-electron chi connectivity index (χ2n) is 11.5. The number of hydrogen-bond acceptors (Lipinski definition) is 13. The minimum atomic E-state index is -3.34. The predicted octanol–water partition coefficient (Wildman–Crippen LogP) is 5.87. The first kappa shape index (κ1) is 36.2. The highest BCUT2D eigenvalue weighted by Gasteiger charge is 2.54. The standard InChI is InChI=1S/C35H27F2N7O5S4/c36-33(37)49-42-26(29(45)40-27-30(46)44-28(32(47)48)20(18-51-31(27)44)17-50-25-16-38-43-53-25)24-19-52-34(39-24)41-35(21-10-4-1-5-11-21,22-12-6-2-7-13-22)23-14-8-3-9-15-23/h1-16,19,27,31,33H,17-18H2,(H,39,41)(H,40,45)(H,47,48)/t27?,31-/m1/s1.